The van der Waals surface area contributed by atoms with E-state index in [0.29, 0.717) is 25.4 Å². The van der Waals surface area contributed by atoms with Crippen LogP contribution in [-0.2, 0) is 14.6 Å². The summed E-state index contributed by atoms with van der Waals surface area (Å²) in [4.78, 5) is 14.0. The van der Waals surface area contributed by atoms with E-state index in [0.717, 1.165) is 6.42 Å². The summed E-state index contributed by atoms with van der Waals surface area (Å²) in [6.45, 7) is 3.37. The van der Waals surface area contributed by atoms with Crippen molar-refractivity contribution >= 4 is 15.7 Å². The second-order valence-corrected chi connectivity index (χ2v) is 7.54. The molecule has 0 aromatic heterocycles. The van der Waals surface area contributed by atoms with Crippen molar-refractivity contribution in [3.05, 3.63) is 0 Å². The highest BCUT2D eigenvalue weighted by molar-refractivity contribution is 7.91. The van der Waals surface area contributed by atoms with Gasteiger partial charge in [0.05, 0.1) is 17.4 Å². The molecule has 0 bridgehead atoms. The maximum absolute atomic E-state index is 12.2. The van der Waals surface area contributed by atoms with Gasteiger partial charge in [-0.2, -0.15) is 0 Å². The highest BCUT2D eigenvalue weighted by Crippen LogP contribution is 2.23. The molecule has 0 aromatic rings. The molecule has 6 heteroatoms. The Kier molecular flexibility index (Phi) is 3.45. The normalized spacial score (nSPS) is 37.1. The first kappa shape index (κ1) is 12.8. The van der Waals surface area contributed by atoms with Crippen LogP contribution in [0.2, 0.25) is 0 Å². The van der Waals surface area contributed by atoms with Crippen molar-refractivity contribution in [1.82, 2.24) is 4.90 Å². The number of hydrogen-bond acceptors (Lipinski definition) is 4. The summed E-state index contributed by atoms with van der Waals surface area (Å²) in [5, 5.41) is 0. The van der Waals surface area contributed by atoms with E-state index in [2.05, 4.69) is 0 Å². The van der Waals surface area contributed by atoms with Crippen molar-refractivity contribution in [2.24, 2.45) is 17.6 Å². The Morgan fingerprint density at radius 3 is 2.59 bits per heavy atom. The molecule has 2 aliphatic heterocycles. The van der Waals surface area contributed by atoms with Crippen molar-refractivity contribution in [2.45, 2.75) is 25.8 Å². The smallest absolute Gasteiger partial charge is 0.226 e. The Balaban J connectivity index is 1.97. The molecule has 98 valence electrons. The second-order valence-electron chi connectivity index (χ2n) is 5.31. The largest absolute Gasteiger partial charge is 0.342 e. The topological polar surface area (TPSA) is 80.5 Å². The molecule has 0 spiro atoms. The Morgan fingerprint density at radius 1 is 1.35 bits per heavy atom. The molecule has 2 saturated heterocycles. The molecule has 17 heavy (non-hydrogen) atoms. The van der Waals surface area contributed by atoms with Gasteiger partial charge in [-0.3, -0.25) is 4.79 Å². The lowest BCUT2D eigenvalue weighted by Gasteiger charge is -2.36. The van der Waals surface area contributed by atoms with Crippen LogP contribution < -0.4 is 5.73 Å². The number of nitrogens with zero attached hydrogens (tertiary/aromatic N) is 1. The van der Waals surface area contributed by atoms with Gasteiger partial charge in [0.2, 0.25) is 5.91 Å². The number of hydrogen-bond donors (Lipinski definition) is 1. The molecule has 2 rings (SSSR count). The van der Waals surface area contributed by atoms with Gasteiger partial charge in [0.1, 0.15) is 0 Å². The zero-order valence-corrected chi connectivity index (χ0v) is 10.9. The first-order chi connectivity index (χ1) is 7.89. The number of sulfone groups is 1. The molecular formula is C11H20N2O3S. The van der Waals surface area contributed by atoms with Crippen LogP contribution in [0.3, 0.4) is 0 Å². The number of carbonyl (C=O) groups excluding carboxylic acids is 1. The predicted molar refractivity (Wildman–Crippen MR) is 65.1 cm³/mol. The standard InChI is InChI=1S/C11H20N2O3S/c1-8-6-13(4-2-10(8)12)11(14)9-3-5-17(15,16)7-9/h8-10H,2-7,12H2,1H3. The molecule has 5 nitrogen and oxygen atoms in total. The fourth-order valence-electron chi connectivity index (χ4n) is 2.61. The van der Waals surface area contributed by atoms with Crippen molar-refractivity contribution in [2.75, 3.05) is 24.6 Å². The van der Waals surface area contributed by atoms with Gasteiger partial charge in [-0.05, 0) is 18.8 Å². The SMILES string of the molecule is CC1CN(C(=O)C2CCS(=O)(=O)C2)CCC1N. The number of carbonyl (C=O) groups is 1. The molecule has 2 aliphatic rings. The molecule has 0 aromatic carbocycles. The van der Waals surface area contributed by atoms with Crippen LogP contribution in [0, 0.1) is 11.8 Å². The summed E-state index contributed by atoms with van der Waals surface area (Å²) < 4.78 is 22.7. The molecule has 2 heterocycles. The van der Waals surface area contributed by atoms with E-state index in [1.165, 1.54) is 0 Å². The van der Waals surface area contributed by atoms with E-state index in [-0.39, 0.29) is 29.4 Å². The zero-order chi connectivity index (χ0) is 12.6. The molecule has 2 fully saturated rings. The third kappa shape index (κ3) is 2.80. The van der Waals surface area contributed by atoms with Crippen LogP contribution in [0.1, 0.15) is 19.8 Å². The van der Waals surface area contributed by atoms with Gasteiger partial charge >= 0.3 is 0 Å². The summed E-state index contributed by atoms with van der Waals surface area (Å²) in [5.41, 5.74) is 5.90. The van der Waals surface area contributed by atoms with Gasteiger partial charge in [-0.15, -0.1) is 0 Å². The van der Waals surface area contributed by atoms with Gasteiger partial charge < -0.3 is 10.6 Å². The Morgan fingerprint density at radius 2 is 2.06 bits per heavy atom. The predicted octanol–water partition coefficient (Wildman–Crippen LogP) is -0.383. The highest BCUT2D eigenvalue weighted by atomic mass is 32.2. The lowest BCUT2D eigenvalue weighted by Crippen LogP contribution is -2.49. The molecule has 3 atom stereocenters. The molecule has 3 unspecified atom stereocenters. The zero-order valence-electron chi connectivity index (χ0n) is 10.1. The maximum Gasteiger partial charge on any atom is 0.226 e. The lowest BCUT2D eigenvalue weighted by atomic mass is 9.93. The van der Waals surface area contributed by atoms with E-state index in [1.54, 1.807) is 4.90 Å². The van der Waals surface area contributed by atoms with E-state index in [9.17, 15) is 13.2 Å². The number of nitrogens with two attached hydrogens (primary N) is 1. The third-order valence-corrected chi connectivity index (χ3v) is 5.63. The Bertz CT molecular complexity index is 407. The second kappa shape index (κ2) is 4.57. The van der Waals surface area contributed by atoms with Crippen molar-refractivity contribution in [3.63, 3.8) is 0 Å². The van der Waals surface area contributed by atoms with Crippen molar-refractivity contribution < 1.29 is 13.2 Å². The van der Waals surface area contributed by atoms with Crippen LogP contribution in [0.4, 0.5) is 0 Å². The summed E-state index contributed by atoms with van der Waals surface area (Å²) >= 11 is 0. The summed E-state index contributed by atoms with van der Waals surface area (Å²) in [7, 11) is -2.98. The van der Waals surface area contributed by atoms with E-state index in [4.69, 9.17) is 5.73 Å². The molecule has 0 radical (unpaired) electrons. The van der Waals surface area contributed by atoms with Gasteiger partial charge in [0, 0.05) is 19.1 Å². The summed E-state index contributed by atoms with van der Waals surface area (Å²) in [6.07, 6.45) is 1.30. The van der Waals surface area contributed by atoms with Crippen molar-refractivity contribution in [3.8, 4) is 0 Å². The van der Waals surface area contributed by atoms with Gasteiger partial charge in [-0.1, -0.05) is 6.92 Å². The van der Waals surface area contributed by atoms with E-state index < -0.39 is 9.84 Å². The molecule has 0 aliphatic carbocycles. The quantitative estimate of drug-likeness (QED) is 0.696. The van der Waals surface area contributed by atoms with Gasteiger partial charge in [0.15, 0.2) is 9.84 Å². The minimum absolute atomic E-state index is 0.00447. The fourth-order valence-corrected chi connectivity index (χ4v) is 4.34. The van der Waals surface area contributed by atoms with Crippen LogP contribution in [-0.4, -0.2) is 49.9 Å². The number of likely N-dealkylation sites (tertiary alicyclic amines) is 1. The first-order valence-electron chi connectivity index (χ1n) is 6.14. The maximum atomic E-state index is 12.2. The fraction of sp³-hybridized carbons (Fsp3) is 0.909. The van der Waals surface area contributed by atoms with E-state index >= 15 is 0 Å². The highest BCUT2D eigenvalue weighted by Gasteiger charge is 2.37. The molecule has 1 amide bonds. The van der Waals surface area contributed by atoms with Crippen molar-refractivity contribution in [1.29, 1.82) is 0 Å². The number of rotatable bonds is 1. The molecular weight excluding hydrogens is 240 g/mol. The Labute approximate surface area is 102 Å². The monoisotopic (exact) mass is 260 g/mol. The van der Waals surface area contributed by atoms with Crippen LogP contribution in [0.25, 0.3) is 0 Å². The van der Waals surface area contributed by atoms with E-state index in [1.807, 2.05) is 6.92 Å². The van der Waals surface area contributed by atoms with Crippen LogP contribution >= 0.6 is 0 Å². The Hall–Kier alpha value is -0.620. The summed E-state index contributed by atoms with van der Waals surface area (Å²) in [6, 6.07) is 0.159. The number of piperidine rings is 1. The minimum atomic E-state index is -2.98. The van der Waals surface area contributed by atoms with Crippen LogP contribution in [0.15, 0.2) is 0 Å². The average Bonchev–Trinajstić information content (AvgIpc) is 2.62. The minimum Gasteiger partial charge on any atom is -0.342 e. The first-order valence-corrected chi connectivity index (χ1v) is 7.96. The average molecular weight is 260 g/mol. The van der Waals surface area contributed by atoms with Gasteiger partial charge in [0.25, 0.3) is 0 Å². The molecule has 0 saturated carbocycles. The molecule has 2 N–H and O–H groups in total. The third-order valence-electron chi connectivity index (χ3n) is 3.86. The lowest BCUT2D eigenvalue weighted by molar-refractivity contribution is -0.136. The summed E-state index contributed by atoms with van der Waals surface area (Å²) in [5.74, 6) is 0.173. The van der Waals surface area contributed by atoms with Crippen LogP contribution in [0.5, 0.6) is 0 Å². The van der Waals surface area contributed by atoms with Gasteiger partial charge in [-0.25, -0.2) is 8.42 Å². The number of amides is 1.